The second kappa shape index (κ2) is 6.48. The topological polar surface area (TPSA) is 26.3 Å². The molecule has 0 aliphatic carbocycles. The van der Waals surface area contributed by atoms with Crippen LogP contribution in [0.2, 0.25) is 0 Å². The lowest BCUT2D eigenvalue weighted by Crippen LogP contribution is -2.02. The van der Waals surface area contributed by atoms with Crippen LogP contribution in [0.1, 0.15) is 27.0 Å². The summed E-state index contributed by atoms with van der Waals surface area (Å²) in [7, 11) is 1.32. The van der Waals surface area contributed by atoms with Crippen LogP contribution < -0.4 is 0 Å². The maximum Gasteiger partial charge on any atom is 0.337 e. The summed E-state index contributed by atoms with van der Waals surface area (Å²) in [6.07, 6.45) is 0.772. The van der Waals surface area contributed by atoms with Gasteiger partial charge in [0.1, 0.15) is 11.6 Å². The molecule has 0 saturated heterocycles. The smallest absolute Gasteiger partial charge is 0.337 e. The Kier molecular flexibility index (Phi) is 4.68. The van der Waals surface area contributed by atoms with E-state index in [1.165, 1.54) is 19.2 Å². The number of benzene rings is 2. The molecule has 2 aromatic rings. The lowest BCUT2D eigenvalue weighted by atomic mass is 10.0. The van der Waals surface area contributed by atoms with Crippen molar-refractivity contribution in [3.8, 4) is 0 Å². The van der Waals surface area contributed by atoms with Gasteiger partial charge in [-0.2, -0.15) is 0 Å². The lowest BCUT2D eigenvalue weighted by molar-refractivity contribution is 0.0600. The van der Waals surface area contributed by atoms with Crippen molar-refractivity contribution in [2.24, 2.45) is 0 Å². The number of carbonyl (C=O) groups excluding carboxylic acids is 1. The maximum absolute atomic E-state index is 13.7. The van der Waals surface area contributed by atoms with Crippen molar-refractivity contribution in [3.63, 3.8) is 0 Å². The van der Waals surface area contributed by atoms with Gasteiger partial charge >= 0.3 is 5.97 Å². The third kappa shape index (κ3) is 3.66. The Morgan fingerprint density at radius 3 is 2.14 bits per heavy atom. The molecule has 0 aliphatic heterocycles. The third-order valence-corrected chi connectivity index (χ3v) is 3.32. The van der Waals surface area contributed by atoms with Gasteiger partial charge in [0, 0.05) is 5.56 Å². The second-order valence-corrected chi connectivity index (χ2v) is 4.90. The molecule has 21 heavy (non-hydrogen) atoms. The highest BCUT2D eigenvalue weighted by Crippen LogP contribution is 2.18. The molecule has 0 N–H and O–H groups in total. The molecule has 0 atom stereocenters. The monoisotopic (exact) mass is 290 g/mol. The average molecular weight is 290 g/mol. The maximum atomic E-state index is 13.7. The number of aryl methyl sites for hydroxylation is 2. The first-order valence-electron chi connectivity index (χ1n) is 6.63. The zero-order valence-corrected chi connectivity index (χ0v) is 12.0. The van der Waals surface area contributed by atoms with E-state index in [4.69, 9.17) is 0 Å². The molecular formula is C17H16F2O2. The molecular weight excluding hydrogens is 274 g/mol. The van der Waals surface area contributed by atoms with Gasteiger partial charge in [-0.25, -0.2) is 13.6 Å². The zero-order chi connectivity index (χ0) is 15.4. The van der Waals surface area contributed by atoms with Crippen molar-refractivity contribution in [1.29, 1.82) is 0 Å². The van der Waals surface area contributed by atoms with E-state index in [0.717, 1.165) is 5.56 Å². The second-order valence-electron chi connectivity index (χ2n) is 4.90. The van der Waals surface area contributed by atoms with E-state index in [1.54, 1.807) is 31.2 Å². The summed E-state index contributed by atoms with van der Waals surface area (Å²) in [5.41, 5.74) is 2.02. The number of ether oxygens (including phenoxy) is 1. The minimum Gasteiger partial charge on any atom is -0.465 e. The number of hydrogen-bond acceptors (Lipinski definition) is 2. The SMILES string of the molecule is COC(=O)c1ccc(CCc2c(F)cc(C)cc2F)cc1. The van der Waals surface area contributed by atoms with Gasteiger partial charge < -0.3 is 4.74 Å². The highest BCUT2D eigenvalue weighted by Gasteiger charge is 2.10. The zero-order valence-electron chi connectivity index (χ0n) is 12.0. The lowest BCUT2D eigenvalue weighted by Gasteiger charge is -2.07. The van der Waals surface area contributed by atoms with Crippen LogP contribution in [0.5, 0.6) is 0 Å². The number of halogens is 2. The summed E-state index contributed by atoms with van der Waals surface area (Å²) < 4.78 is 32.1. The Bertz CT molecular complexity index is 625. The van der Waals surface area contributed by atoms with Crippen LogP contribution in [-0.2, 0) is 17.6 Å². The van der Waals surface area contributed by atoms with Crippen LogP contribution in [0.25, 0.3) is 0 Å². The van der Waals surface area contributed by atoms with Crippen LogP contribution in [0.15, 0.2) is 36.4 Å². The molecule has 0 spiro atoms. The van der Waals surface area contributed by atoms with E-state index in [2.05, 4.69) is 4.74 Å². The molecule has 0 unspecified atom stereocenters. The largest absolute Gasteiger partial charge is 0.465 e. The van der Waals surface area contributed by atoms with Crippen LogP contribution in [0.3, 0.4) is 0 Å². The quantitative estimate of drug-likeness (QED) is 0.800. The number of hydrogen-bond donors (Lipinski definition) is 0. The van der Waals surface area contributed by atoms with Gasteiger partial charge in [0.05, 0.1) is 12.7 Å². The first kappa shape index (κ1) is 15.2. The molecule has 110 valence electrons. The fraction of sp³-hybridized carbons (Fsp3) is 0.235. The van der Waals surface area contributed by atoms with E-state index in [0.29, 0.717) is 17.5 Å². The fourth-order valence-corrected chi connectivity index (χ4v) is 2.16. The normalized spacial score (nSPS) is 10.5. The fourth-order valence-electron chi connectivity index (χ4n) is 2.16. The molecule has 2 aromatic carbocycles. The molecule has 2 rings (SSSR count). The number of methoxy groups -OCH3 is 1. The van der Waals surface area contributed by atoms with E-state index in [1.807, 2.05) is 0 Å². The molecule has 0 aromatic heterocycles. The van der Waals surface area contributed by atoms with Gasteiger partial charge in [-0.05, 0) is 55.2 Å². The molecule has 0 saturated carbocycles. The number of carbonyl (C=O) groups is 1. The Morgan fingerprint density at radius 2 is 1.62 bits per heavy atom. The van der Waals surface area contributed by atoms with Gasteiger partial charge in [0.15, 0.2) is 0 Å². The van der Waals surface area contributed by atoms with Crippen molar-refractivity contribution in [3.05, 3.63) is 70.3 Å². The van der Waals surface area contributed by atoms with Crippen molar-refractivity contribution in [2.75, 3.05) is 7.11 Å². The number of esters is 1. The molecule has 0 fully saturated rings. The molecule has 0 bridgehead atoms. The molecule has 4 heteroatoms. The summed E-state index contributed by atoms with van der Waals surface area (Å²) in [6, 6.07) is 9.47. The van der Waals surface area contributed by atoms with Gasteiger partial charge in [0.25, 0.3) is 0 Å². The summed E-state index contributed by atoms with van der Waals surface area (Å²) in [6.45, 7) is 1.65. The van der Waals surface area contributed by atoms with Crippen LogP contribution in [0.4, 0.5) is 8.78 Å². The minimum atomic E-state index is -0.515. The highest BCUT2D eigenvalue weighted by molar-refractivity contribution is 5.89. The van der Waals surface area contributed by atoms with Gasteiger partial charge in [-0.3, -0.25) is 0 Å². The van der Waals surface area contributed by atoms with Gasteiger partial charge in [0.2, 0.25) is 0 Å². The van der Waals surface area contributed by atoms with Crippen LogP contribution in [-0.4, -0.2) is 13.1 Å². The van der Waals surface area contributed by atoms with Crippen molar-refractivity contribution < 1.29 is 18.3 Å². The van der Waals surface area contributed by atoms with Crippen LogP contribution in [0, 0.1) is 18.6 Å². The summed E-state index contributed by atoms with van der Waals surface area (Å²) in [4.78, 5) is 11.3. The minimum absolute atomic E-state index is 0.0950. The molecule has 0 radical (unpaired) electrons. The Labute approximate surface area is 122 Å². The highest BCUT2D eigenvalue weighted by atomic mass is 19.1. The first-order valence-corrected chi connectivity index (χ1v) is 6.63. The van der Waals surface area contributed by atoms with E-state index < -0.39 is 17.6 Å². The summed E-state index contributed by atoms with van der Waals surface area (Å²) in [5, 5.41) is 0. The van der Waals surface area contributed by atoms with E-state index >= 15 is 0 Å². The first-order chi connectivity index (χ1) is 10.0. The predicted molar refractivity (Wildman–Crippen MR) is 76.3 cm³/mol. The summed E-state index contributed by atoms with van der Waals surface area (Å²) >= 11 is 0. The predicted octanol–water partition coefficient (Wildman–Crippen LogP) is 3.85. The van der Waals surface area contributed by atoms with Gasteiger partial charge in [-0.1, -0.05) is 12.1 Å². The standard InChI is InChI=1S/C17H16F2O2/c1-11-9-15(18)14(16(19)10-11)8-5-12-3-6-13(7-4-12)17(20)21-2/h3-4,6-7,9-10H,5,8H2,1-2H3. The Balaban J connectivity index is 2.08. The molecule has 2 nitrogen and oxygen atoms in total. The van der Waals surface area contributed by atoms with Crippen molar-refractivity contribution >= 4 is 5.97 Å². The van der Waals surface area contributed by atoms with E-state index in [-0.39, 0.29) is 12.0 Å². The van der Waals surface area contributed by atoms with E-state index in [9.17, 15) is 13.6 Å². The Morgan fingerprint density at radius 1 is 1.05 bits per heavy atom. The van der Waals surface area contributed by atoms with Crippen molar-refractivity contribution in [2.45, 2.75) is 19.8 Å². The summed E-state index contributed by atoms with van der Waals surface area (Å²) in [5.74, 6) is -1.44. The number of rotatable bonds is 4. The Hall–Kier alpha value is -2.23. The third-order valence-electron chi connectivity index (χ3n) is 3.32. The van der Waals surface area contributed by atoms with Crippen LogP contribution >= 0.6 is 0 Å². The van der Waals surface area contributed by atoms with Gasteiger partial charge in [-0.15, -0.1) is 0 Å². The molecule has 0 aliphatic rings. The van der Waals surface area contributed by atoms with Crippen molar-refractivity contribution in [1.82, 2.24) is 0 Å². The molecule has 0 amide bonds. The average Bonchev–Trinajstić information content (AvgIpc) is 2.46. The molecule has 0 heterocycles.